The van der Waals surface area contributed by atoms with Crippen LogP contribution in [0, 0.1) is 0 Å². The summed E-state index contributed by atoms with van der Waals surface area (Å²) in [6.07, 6.45) is -0.928. The zero-order valence-electron chi connectivity index (χ0n) is 13.9. The molecule has 0 aliphatic carbocycles. The van der Waals surface area contributed by atoms with Gasteiger partial charge in [0.1, 0.15) is 6.04 Å². The van der Waals surface area contributed by atoms with Gasteiger partial charge in [0.25, 0.3) is 5.91 Å². The Labute approximate surface area is 144 Å². The molecule has 13 heteroatoms. The lowest BCUT2D eigenvalue weighted by Gasteiger charge is -2.36. The van der Waals surface area contributed by atoms with Crippen molar-refractivity contribution in [3.63, 3.8) is 0 Å². The third-order valence-corrected chi connectivity index (χ3v) is 4.23. The molecule has 2 saturated heterocycles. The normalized spacial score (nSPS) is 23.6. The summed E-state index contributed by atoms with van der Waals surface area (Å²) in [5, 5.41) is 10.5. The molecule has 0 aromatic carbocycles. The predicted molar refractivity (Wildman–Crippen MR) is 81.1 cm³/mol. The fraction of sp³-hybridized carbons (Fsp3) is 0.750. The van der Waals surface area contributed by atoms with Gasteiger partial charge >= 0.3 is 22.5 Å². The number of hydroxylamine groups is 2. The van der Waals surface area contributed by atoms with Crippen LogP contribution < -0.4 is 5.43 Å². The van der Waals surface area contributed by atoms with Gasteiger partial charge in [-0.15, -0.1) is 4.28 Å². The first-order valence-electron chi connectivity index (χ1n) is 7.42. The molecule has 4 amide bonds. The smallest absolute Gasteiger partial charge is 0.426 e. The van der Waals surface area contributed by atoms with Gasteiger partial charge in [0.15, 0.2) is 0 Å². The molecule has 142 valence electrons. The molecule has 2 aliphatic heterocycles. The van der Waals surface area contributed by atoms with E-state index in [0.29, 0.717) is 5.06 Å². The monoisotopic (exact) mass is 380 g/mol. The first-order valence-corrected chi connectivity index (χ1v) is 8.78. The van der Waals surface area contributed by atoms with Crippen LogP contribution in [0.5, 0.6) is 0 Å². The van der Waals surface area contributed by atoms with Gasteiger partial charge < -0.3 is 10.0 Å². The van der Waals surface area contributed by atoms with Crippen LogP contribution in [0.25, 0.3) is 0 Å². The molecule has 12 nitrogen and oxygen atoms in total. The van der Waals surface area contributed by atoms with E-state index in [1.54, 1.807) is 20.8 Å². The van der Waals surface area contributed by atoms with E-state index in [2.05, 4.69) is 9.71 Å². The van der Waals surface area contributed by atoms with Gasteiger partial charge in [-0.2, -0.15) is 13.5 Å². The first-order chi connectivity index (χ1) is 11.3. The molecule has 2 bridgehead atoms. The van der Waals surface area contributed by atoms with Crippen molar-refractivity contribution in [3.05, 3.63) is 0 Å². The summed E-state index contributed by atoms with van der Waals surface area (Å²) in [4.78, 5) is 37.1. The van der Waals surface area contributed by atoms with Crippen molar-refractivity contribution in [1.82, 2.24) is 20.4 Å². The Morgan fingerprint density at radius 2 is 1.92 bits per heavy atom. The van der Waals surface area contributed by atoms with Crippen molar-refractivity contribution in [3.8, 4) is 0 Å². The van der Waals surface area contributed by atoms with Crippen molar-refractivity contribution in [1.29, 1.82) is 0 Å². The Morgan fingerprint density at radius 1 is 1.32 bits per heavy atom. The molecule has 2 atom stereocenters. The molecule has 0 saturated carbocycles. The number of hydrogen-bond acceptors (Lipinski definition) is 6. The predicted octanol–water partition coefficient (Wildman–Crippen LogP) is -0.201. The van der Waals surface area contributed by atoms with Gasteiger partial charge in [-0.1, -0.05) is 0 Å². The van der Waals surface area contributed by atoms with E-state index in [-0.39, 0.29) is 19.4 Å². The minimum Gasteiger partial charge on any atom is -0.464 e. The van der Waals surface area contributed by atoms with Gasteiger partial charge in [-0.3, -0.25) is 14.8 Å². The molecule has 2 fully saturated rings. The third kappa shape index (κ3) is 4.11. The lowest BCUT2D eigenvalue weighted by molar-refractivity contribution is -0.132. The van der Waals surface area contributed by atoms with Crippen LogP contribution in [0.3, 0.4) is 0 Å². The van der Waals surface area contributed by atoms with Gasteiger partial charge in [-0.25, -0.2) is 14.6 Å². The van der Waals surface area contributed by atoms with Crippen LogP contribution in [0.2, 0.25) is 0 Å². The number of hydrazine groups is 1. The van der Waals surface area contributed by atoms with Crippen molar-refractivity contribution >= 4 is 28.4 Å². The quantitative estimate of drug-likeness (QED) is 0.449. The Hall–Kier alpha value is -2.12. The van der Waals surface area contributed by atoms with Crippen molar-refractivity contribution in [2.45, 2.75) is 51.2 Å². The number of hydrogen-bond donors (Lipinski definition) is 3. The van der Waals surface area contributed by atoms with Crippen LogP contribution in [0.4, 0.5) is 9.59 Å². The van der Waals surface area contributed by atoms with Gasteiger partial charge in [-0.05, 0) is 33.6 Å². The molecule has 2 heterocycles. The first kappa shape index (κ1) is 19.2. The van der Waals surface area contributed by atoms with Crippen molar-refractivity contribution in [2.75, 3.05) is 6.54 Å². The summed E-state index contributed by atoms with van der Waals surface area (Å²) in [7, 11) is -4.87. The third-order valence-electron chi connectivity index (χ3n) is 3.88. The van der Waals surface area contributed by atoms with E-state index in [1.807, 2.05) is 0 Å². The SMILES string of the molecule is CC(C)(C)N(NC(=O)[C@@H]1CC[C@@H]2CN1C(=O)N2OS(=O)(=O)O)C(=O)O. The Bertz CT molecular complexity index is 688. The number of carbonyl (C=O) groups is 3. The highest BCUT2D eigenvalue weighted by Gasteiger charge is 2.49. The highest BCUT2D eigenvalue weighted by atomic mass is 32.3. The summed E-state index contributed by atoms with van der Waals surface area (Å²) < 4.78 is 34.7. The molecule has 0 aromatic heterocycles. The van der Waals surface area contributed by atoms with Crippen molar-refractivity contribution < 1.29 is 36.7 Å². The summed E-state index contributed by atoms with van der Waals surface area (Å²) >= 11 is 0. The van der Waals surface area contributed by atoms with E-state index in [9.17, 15) is 27.9 Å². The molecule has 0 radical (unpaired) electrons. The number of nitrogens with one attached hydrogen (secondary N) is 1. The standard InChI is InChI=1S/C12H20N4O8S/c1-12(2,3)16(11(19)20)13-9(17)8-5-4-7-6-14(8)10(18)15(7)24-25(21,22)23/h7-8H,4-6H2,1-3H3,(H,13,17)(H,19,20)(H,21,22,23)/t7-,8+/m1/s1. The average Bonchev–Trinajstić information content (AvgIpc) is 2.67. The Balaban J connectivity index is 2.13. The number of urea groups is 1. The molecule has 0 spiro atoms. The largest absolute Gasteiger partial charge is 0.464 e. The maximum Gasteiger partial charge on any atom is 0.426 e. The Morgan fingerprint density at radius 3 is 2.40 bits per heavy atom. The van der Waals surface area contributed by atoms with E-state index in [4.69, 9.17) is 4.55 Å². The molecule has 25 heavy (non-hydrogen) atoms. The number of fused-ring (bicyclic) bond motifs is 2. The average molecular weight is 380 g/mol. The van der Waals surface area contributed by atoms with Crippen LogP contribution in [-0.2, 0) is 19.5 Å². The molecule has 0 aromatic rings. The number of nitrogens with zero attached hydrogens (tertiary/aromatic N) is 3. The number of amides is 4. The maximum atomic E-state index is 12.4. The fourth-order valence-corrected chi connectivity index (χ4v) is 3.18. The van der Waals surface area contributed by atoms with E-state index >= 15 is 0 Å². The van der Waals surface area contributed by atoms with E-state index < -0.39 is 46.1 Å². The summed E-state index contributed by atoms with van der Waals surface area (Å²) in [5.41, 5.74) is 1.36. The second-order valence-corrected chi connectivity index (χ2v) is 7.78. The van der Waals surface area contributed by atoms with Gasteiger partial charge in [0.2, 0.25) is 0 Å². The number of carbonyl (C=O) groups excluding carboxylic acids is 2. The van der Waals surface area contributed by atoms with Crippen LogP contribution in [0.1, 0.15) is 33.6 Å². The summed E-state index contributed by atoms with van der Waals surface area (Å²) in [6.45, 7) is 4.78. The van der Waals surface area contributed by atoms with Gasteiger partial charge in [0.05, 0.1) is 11.6 Å². The van der Waals surface area contributed by atoms with Crippen LogP contribution in [-0.4, -0.2) is 75.2 Å². The fourth-order valence-electron chi connectivity index (χ4n) is 2.79. The Kier molecular flexibility index (Phi) is 4.85. The number of carboxylic acid groups (broad SMARTS) is 1. The highest BCUT2D eigenvalue weighted by molar-refractivity contribution is 7.80. The molecule has 2 rings (SSSR count). The minimum atomic E-state index is -4.87. The number of piperidine rings is 1. The van der Waals surface area contributed by atoms with Gasteiger partial charge in [0, 0.05) is 6.54 Å². The molecular formula is C12H20N4O8S. The van der Waals surface area contributed by atoms with E-state index in [1.165, 1.54) is 0 Å². The zero-order chi connectivity index (χ0) is 19.2. The van der Waals surface area contributed by atoms with Crippen molar-refractivity contribution in [2.24, 2.45) is 0 Å². The lowest BCUT2D eigenvalue weighted by Crippen LogP contribution is -2.60. The maximum absolute atomic E-state index is 12.4. The topological polar surface area (TPSA) is 157 Å². The second kappa shape index (κ2) is 6.31. The molecule has 3 N–H and O–H groups in total. The zero-order valence-corrected chi connectivity index (χ0v) is 14.7. The summed E-state index contributed by atoms with van der Waals surface area (Å²) in [6, 6.07) is -2.50. The summed E-state index contributed by atoms with van der Waals surface area (Å²) in [5.74, 6) is -0.710. The number of rotatable bonds is 3. The van der Waals surface area contributed by atoms with Crippen LogP contribution >= 0.6 is 0 Å². The van der Waals surface area contributed by atoms with Crippen LogP contribution in [0.15, 0.2) is 0 Å². The molecule has 0 unspecified atom stereocenters. The minimum absolute atomic E-state index is 0.0228. The lowest BCUT2D eigenvalue weighted by atomic mass is 10.0. The molecule has 2 aliphatic rings. The highest BCUT2D eigenvalue weighted by Crippen LogP contribution is 2.30. The second-order valence-electron chi connectivity index (χ2n) is 6.77. The van der Waals surface area contributed by atoms with E-state index in [0.717, 1.165) is 9.91 Å². The molecular weight excluding hydrogens is 360 g/mol.